The average molecular weight is 331 g/mol. The van der Waals surface area contributed by atoms with Crippen LogP contribution < -0.4 is 0 Å². The Hall–Kier alpha value is 0.160. The third kappa shape index (κ3) is 3.08. The van der Waals surface area contributed by atoms with Crippen LogP contribution in [0, 0.1) is 5.92 Å². The first kappa shape index (κ1) is 12.2. The maximum Gasteiger partial charge on any atom is 0.341 e. The lowest BCUT2D eigenvalue weighted by Gasteiger charge is -2.21. The van der Waals surface area contributed by atoms with Crippen molar-refractivity contribution in [1.29, 1.82) is 0 Å². The van der Waals surface area contributed by atoms with E-state index in [4.69, 9.17) is 11.6 Å². The van der Waals surface area contributed by atoms with Crippen molar-refractivity contribution in [2.24, 2.45) is 5.92 Å². The van der Waals surface area contributed by atoms with Gasteiger partial charge in [-0.2, -0.15) is 0 Å². The molecule has 80 valence electrons. The maximum atomic E-state index is 11.7. The predicted octanol–water partition coefficient (Wildman–Crippen LogP) is 2.64. The molecule has 0 aromatic heterocycles. The summed E-state index contributed by atoms with van der Waals surface area (Å²) in [5.74, 6) is -0.863. The number of rotatable bonds is 3. The van der Waals surface area contributed by atoms with Crippen LogP contribution in [0.4, 0.5) is 0 Å². The van der Waals surface area contributed by atoms with Crippen molar-refractivity contribution in [3.8, 4) is 0 Å². The Morgan fingerprint density at radius 3 is 2.36 bits per heavy atom. The van der Waals surface area contributed by atoms with Gasteiger partial charge in [0.25, 0.3) is 0 Å². The normalized spacial score (nSPS) is 20.1. The number of carbonyl (C=O) groups excluding carboxylic acids is 2. The molecule has 0 amide bonds. The van der Waals surface area contributed by atoms with Gasteiger partial charge in [0.2, 0.25) is 0 Å². The number of Topliss-reactive ketones (excluding diaryl/α,β-unsaturated/α-hetero) is 1. The fraction of sp³-hybridized carbons (Fsp3) is 0.778. The monoisotopic (exact) mass is 330 g/mol. The summed E-state index contributed by atoms with van der Waals surface area (Å²) >= 11 is 7.13. The molecule has 5 heteroatoms. The van der Waals surface area contributed by atoms with E-state index in [9.17, 15) is 9.59 Å². The second kappa shape index (κ2) is 5.90. The van der Waals surface area contributed by atoms with E-state index < -0.39 is 11.3 Å². The van der Waals surface area contributed by atoms with Gasteiger partial charge in [-0.05, 0) is 12.8 Å². The van der Waals surface area contributed by atoms with Gasteiger partial charge in [0.05, 0.1) is 0 Å². The highest BCUT2D eigenvalue weighted by Gasteiger charge is 2.32. The molecule has 0 aliphatic heterocycles. The van der Waals surface area contributed by atoms with E-state index in [2.05, 4.69) is 3.07 Å². The molecule has 14 heavy (non-hydrogen) atoms. The minimum Gasteiger partial charge on any atom is -0.393 e. The largest absolute Gasteiger partial charge is 0.393 e. The van der Waals surface area contributed by atoms with Gasteiger partial charge >= 0.3 is 5.97 Å². The van der Waals surface area contributed by atoms with Gasteiger partial charge in [0.15, 0.2) is 34.2 Å². The Morgan fingerprint density at radius 1 is 1.29 bits per heavy atom. The minimum atomic E-state index is -1.12. The van der Waals surface area contributed by atoms with Crippen molar-refractivity contribution >= 4 is 46.4 Å². The molecule has 0 aromatic carbocycles. The molecule has 1 unspecified atom stereocenters. The van der Waals surface area contributed by atoms with Crippen LogP contribution in [0.5, 0.6) is 0 Å². The molecular formula is C9H12ClIO3. The molecule has 0 N–H and O–H groups in total. The summed E-state index contributed by atoms with van der Waals surface area (Å²) in [6, 6.07) is 0. The zero-order valence-corrected chi connectivity index (χ0v) is 10.6. The lowest BCUT2D eigenvalue weighted by Crippen LogP contribution is -2.31. The summed E-state index contributed by atoms with van der Waals surface area (Å²) in [6.45, 7) is 0. The quantitative estimate of drug-likeness (QED) is 0.454. The van der Waals surface area contributed by atoms with E-state index in [0.29, 0.717) is 0 Å². The van der Waals surface area contributed by atoms with Crippen LogP contribution in [-0.4, -0.2) is 17.1 Å². The van der Waals surface area contributed by atoms with Crippen LogP contribution in [0.15, 0.2) is 0 Å². The second-order valence-electron chi connectivity index (χ2n) is 3.50. The fourth-order valence-corrected chi connectivity index (χ4v) is 2.38. The van der Waals surface area contributed by atoms with Gasteiger partial charge in [-0.15, -0.1) is 11.6 Å². The van der Waals surface area contributed by atoms with Gasteiger partial charge < -0.3 is 3.07 Å². The molecular weight excluding hydrogens is 318 g/mol. The van der Waals surface area contributed by atoms with Crippen molar-refractivity contribution in [1.82, 2.24) is 0 Å². The first-order chi connectivity index (χ1) is 6.66. The Bertz CT molecular complexity index is 226. The molecule has 0 heterocycles. The topological polar surface area (TPSA) is 43.4 Å². The number of carbonyl (C=O) groups is 2. The molecule has 0 saturated heterocycles. The molecule has 0 spiro atoms. The molecule has 0 aromatic rings. The van der Waals surface area contributed by atoms with Gasteiger partial charge in [-0.25, -0.2) is 4.79 Å². The fourth-order valence-electron chi connectivity index (χ4n) is 1.75. The highest BCUT2D eigenvalue weighted by atomic mass is 127. The van der Waals surface area contributed by atoms with E-state index in [-0.39, 0.29) is 11.7 Å². The maximum absolute atomic E-state index is 11.7. The van der Waals surface area contributed by atoms with Crippen molar-refractivity contribution in [3.63, 3.8) is 0 Å². The second-order valence-corrected chi connectivity index (χ2v) is 4.37. The zero-order chi connectivity index (χ0) is 10.6. The molecule has 1 fully saturated rings. The number of ketones is 1. The number of halogens is 2. The van der Waals surface area contributed by atoms with E-state index in [1.54, 1.807) is 0 Å². The van der Waals surface area contributed by atoms with E-state index in [0.717, 1.165) is 25.7 Å². The summed E-state index contributed by atoms with van der Waals surface area (Å²) in [6.07, 6.45) is 5.00. The number of hydrogen-bond donors (Lipinski definition) is 0. The van der Waals surface area contributed by atoms with Crippen LogP contribution in [-0.2, 0) is 12.7 Å². The van der Waals surface area contributed by atoms with E-state index in [1.807, 2.05) is 0 Å². The van der Waals surface area contributed by atoms with Crippen LogP contribution in [0.25, 0.3) is 0 Å². The molecule has 3 nitrogen and oxygen atoms in total. The van der Waals surface area contributed by atoms with Gasteiger partial charge in [0, 0.05) is 5.92 Å². The SMILES string of the molecule is O=C(OI)C(Cl)C(=O)C1CCCCC1. The summed E-state index contributed by atoms with van der Waals surface area (Å²) in [4.78, 5) is 22.7. The lowest BCUT2D eigenvalue weighted by molar-refractivity contribution is -0.136. The first-order valence-electron chi connectivity index (χ1n) is 4.67. The average Bonchev–Trinajstić information content (AvgIpc) is 2.27. The molecule has 1 aliphatic carbocycles. The van der Waals surface area contributed by atoms with Crippen LogP contribution in [0.3, 0.4) is 0 Å². The first-order valence-corrected chi connectivity index (χ1v) is 5.98. The highest BCUT2D eigenvalue weighted by Crippen LogP contribution is 2.26. The molecule has 1 atom stereocenters. The molecule has 0 bridgehead atoms. The lowest BCUT2D eigenvalue weighted by atomic mass is 9.85. The highest BCUT2D eigenvalue weighted by molar-refractivity contribution is 14.1. The Labute approximate surface area is 102 Å². The molecule has 1 aliphatic rings. The predicted molar refractivity (Wildman–Crippen MR) is 61.3 cm³/mol. The zero-order valence-electron chi connectivity index (χ0n) is 7.67. The third-order valence-electron chi connectivity index (χ3n) is 2.54. The van der Waals surface area contributed by atoms with E-state index >= 15 is 0 Å². The minimum absolute atomic E-state index is 0.0400. The van der Waals surface area contributed by atoms with Gasteiger partial charge in [0.1, 0.15) is 0 Å². The summed E-state index contributed by atoms with van der Waals surface area (Å²) in [5, 5.41) is -1.12. The molecule has 1 saturated carbocycles. The molecule has 0 radical (unpaired) electrons. The Balaban J connectivity index is 2.50. The number of hydrogen-bond acceptors (Lipinski definition) is 3. The van der Waals surface area contributed by atoms with Crippen molar-refractivity contribution in [2.75, 3.05) is 0 Å². The van der Waals surface area contributed by atoms with Crippen LogP contribution in [0.2, 0.25) is 0 Å². The summed E-state index contributed by atoms with van der Waals surface area (Å²) in [7, 11) is 0. The Morgan fingerprint density at radius 2 is 1.86 bits per heavy atom. The van der Waals surface area contributed by atoms with Crippen molar-refractivity contribution in [3.05, 3.63) is 0 Å². The standard InChI is InChI=1S/C9H12ClIO3/c10-7(9(13)14-11)8(12)6-4-2-1-3-5-6/h6-7H,1-5H2. The van der Waals surface area contributed by atoms with E-state index in [1.165, 1.54) is 29.4 Å². The third-order valence-corrected chi connectivity index (χ3v) is 3.37. The van der Waals surface area contributed by atoms with Crippen LogP contribution in [0.1, 0.15) is 32.1 Å². The van der Waals surface area contributed by atoms with Crippen molar-refractivity contribution in [2.45, 2.75) is 37.5 Å². The van der Waals surface area contributed by atoms with Gasteiger partial charge in [-0.3, -0.25) is 4.79 Å². The smallest absolute Gasteiger partial charge is 0.341 e. The summed E-state index contributed by atoms with van der Waals surface area (Å²) < 4.78 is 4.40. The van der Waals surface area contributed by atoms with Gasteiger partial charge in [-0.1, -0.05) is 19.3 Å². The Kier molecular flexibility index (Phi) is 5.15. The van der Waals surface area contributed by atoms with Crippen molar-refractivity contribution < 1.29 is 12.7 Å². The van der Waals surface area contributed by atoms with Crippen LogP contribution >= 0.6 is 34.6 Å². The molecule has 1 rings (SSSR count). The number of alkyl halides is 1. The summed E-state index contributed by atoms with van der Waals surface area (Å²) in [5.41, 5.74) is 0.